The highest BCUT2D eigenvalue weighted by atomic mass is 35.5. The summed E-state index contributed by atoms with van der Waals surface area (Å²) in [5.74, 6) is -1.10. The number of halogens is 1. The summed E-state index contributed by atoms with van der Waals surface area (Å²) in [4.78, 5) is 30.8. The molecule has 0 aliphatic carbocycles. The Balaban J connectivity index is 0.000000165. The molecule has 0 saturated carbocycles. The molecule has 1 fully saturated rings. The quantitative estimate of drug-likeness (QED) is 0.667. The summed E-state index contributed by atoms with van der Waals surface area (Å²) in [6.45, 7) is 0. The SMILES string of the molecule is Clc1ccccc1.O=C1CC(=O)NC(=O)N1. The number of barbiturate groups is 1. The predicted octanol–water partition coefficient (Wildman–Crippen LogP) is 1.08. The van der Waals surface area contributed by atoms with Gasteiger partial charge in [0.2, 0.25) is 11.8 Å². The fourth-order valence-corrected chi connectivity index (χ4v) is 1.08. The van der Waals surface area contributed by atoms with Gasteiger partial charge in [0.05, 0.1) is 0 Å². The highest BCUT2D eigenvalue weighted by molar-refractivity contribution is 6.30. The zero-order chi connectivity index (χ0) is 12.0. The Morgan fingerprint density at radius 2 is 1.44 bits per heavy atom. The number of rotatable bonds is 0. The van der Waals surface area contributed by atoms with Gasteiger partial charge in [-0.3, -0.25) is 20.2 Å². The van der Waals surface area contributed by atoms with Gasteiger partial charge in [0.15, 0.2) is 0 Å². The van der Waals surface area contributed by atoms with E-state index in [2.05, 4.69) is 0 Å². The lowest BCUT2D eigenvalue weighted by Crippen LogP contribution is -2.49. The van der Waals surface area contributed by atoms with Crippen molar-refractivity contribution in [2.75, 3.05) is 0 Å². The molecule has 0 bridgehead atoms. The maximum absolute atomic E-state index is 10.3. The Kier molecular flexibility index (Phi) is 4.47. The van der Waals surface area contributed by atoms with Gasteiger partial charge in [-0.1, -0.05) is 29.8 Å². The highest BCUT2D eigenvalue weighted by Gasteiger charge is 2.20. The molecule has 2 N–H and O–H groups in total. The van der Waals surface area contributed by atoms with Gasteiger partial charge in [0.25, 0.3) is 0 Å². The van der Waals surface area contributed by atoms with Crippen molar-refractivity contribution >= 4 is 29.4 Å². The van der Waals surface area contributed by atoms with Crippen LogP contribution in [0.4, 0.5) is 4.79 Å². The number of amides is 4. The van der Waals surface area contributed by atoms with Gasteiger partial charge in [0, 0.05) is 5.02 Å². The zero-order valence-corrected chi connectivity index (χ0v) is 8.95. The minimum absolute atomic E-state index is 0.258. The third-order valence-electron chi connectivity index (χ3n) is 1.56. The van der Waals surface area contributed by atoms with Gasteiger partial charge in [-0.05, 0) is 12.1 Å². The van der Waals surface area contributed by atoms with Gasteiger partial charge in [-0.15, -0.1) is 0 Å². The molecule has 0 radical (unpaired) electrons. The van der Waals surface area contributed by atoms with Crippen molar-refractivity contribution in [2.24, 2.45) is 0 Å². The molecule has 1 aliphatic heterocycles. The molecule has 4 amide bonds. The first kappa shape index (κ1) is 12.2. The number of imide groups is 2. The minimum atomic E-state index is -0.740. The minimum Gasteiger partial charge on any atom is -0.277 e. The van der Waals surface area contributed by atoms with E-state index in [0.717, 1.165) is 5.02 Å². The zero-order valence-electron chi connectivity index (χ0n) is 8.20. The first-order valence-electron chi connectivity index (χ1n) is 4.42. The molecule has 84 valence electrons. The molecule has 0 spiro atoms. The maximum Gasteiger partial charge on any atom is 0.328 e. The van der Waals surface area contributed by atoms with E-state index in [9.17, 15) is 14.4 Å². The van der Waals surface area contributed by atoms with Crippen molar-refractivity contribution in [3.8, 4) is 0 Å². The Morgan fingerprint density at radius 1 is 0.938 bits per heavy atom. The number of urea groups is 1. The molecular weight excluding hydrogens is 232 g/mol. The van der Waals surface area contributed by atoms with Gasteiger partial charge < -0.3 is 0 Å². The van der Waals surface area contributed by atoms with Crippen LogP contribution in [-0.2, 0) is 9.59 Å². The Hall–Kier alpha value is -1.88. The van der Waals surface area contributed by atoms with Gasteiger partial charge in [0.1, 0.15) is 6.42 Å². The third kappa shape index (κ3) is 4.56. The lowest BCUT2D eigenvalue weighted by molar-refractivity contribution is -0.129. The third-order valence-corrected chi connectivity index (χ3v) is 1.81. The average Bonchev–Trinajstić information content (AvgIpc) is 2.17. The summed E-state index contributed by atoms with van der Waals surface area (Å²) >= 11 is 5.54. The summed E-state index contributed by atoms with van der Waals surface area (Å²) in [6.07, 6.45) is -0.258. The van der Waals surface area contributed by atoms with Crippen molar-refractivity contribution in [1.29, 1.82) is 0 Å². The van der Waals surface area contributed by atoms with Gasteiger partial charge in [-0.2, -0.15) is 0 Å². The second-order valence-electron chi connectivity index (χ2n) is 2.90. The van der Waals surface area contributed by atoms with Crippen molar-refractivity contribution in [3.05, 3.63) is 35.4 Å². The Labute approximate surface area is 96.8 Å². The van der Waals surface area contributed by atoms with E-state index in [1.54, 1.807) is 0 Å². The van der Waals surface area contributed by atoms with E-state index in [1.165, 1.54) is 0 Å². The van der Waals surface area contributed by atoms with Crippen molar-refractivity contribution < 1.29 is 14.4 Å². The predicted molar refractivity (Wildman–Crippen MR) is 57.8 cm³/mol. The fourth-order valence-electron chi connectivity index (χ4n) is 0.933. The molecule has 1 aliphatic rings. The molecule has 5 nitrogen and oxygen atoms in total. The first-order chi connectivity index (χ1) is 7.58. The Morgan fingerprint density at radius 3 is 1.75 bits per heavy atom. The fraction of sp³-hybridized carbons (Fsp3) is 0.100. The van der Waals surface area contributed by atoms with Crippen LogP contribution in [0, 0.1) is 0 Å². The van der Waals surface area contributed by atoms with Crippen molar-refractivity contribution in [2.45, 2.75) is 6.42 Å². The summed E-state index contributed by atoms with van der Waals surface area (Å²) in [7, 11) is 0. The summed E-state index contributed by atoms with van der Waals surface area (Å²) < 4.78 is 0. The molecule has 1 saturated heterocycles. The van der Waals surface area contributed by atoms with Crippen molar-refractivity contribution in [3.63, 3.8) is 0 Å². The van der Waals surface area contributed by atoms with E-state index in [-0.39, 0.29) is 6.42 Å². The topological polar surface area (TPSA) is 75.3 Å². The largest absolute Gasteiger partial charge is 0.328 e. The van der Waals surface area contributed by atoms with Gasteiger partial charge >= 0.3 is 6.03 Å². The number of hydrogen-bond acceptors (Lipinski definition) is 3. The molecule has 2 rings (SSSR count). The lowest BCUT2D eigenvalue weighted by atomic mass is 10.3. The molecule has 0 aromatic heterocycles. The second kappa shape index (κ2) is 5.87. The number of carbonyl (C=O) groups is 3. The van der Waals surface area contributed by atoms with E-state index >= 15 is 0 Å². The van der Waals surface area contributed by atoms with Crippen LogP contribution in [0.3, 0.4) is 0 Å². The van der Waals surface area contributed by atoms with Crippen LogP contribution in [-0.4, -0.2) is 17.8 Å². The second-order valence-corrected chi connectivity index (χ2v) is 3.33. The van der Waals surface area contributed by atoms with Crippen LogP contribution in [0.2, 0.25) is 5.02 Å². The maximum atomic E-state index is 10.3. The molecule has 1 heterocycles. The Bertz CT molecular complexity index is 361. The number of hydrogen-bond donors (Lipinski definition) is 2. The first-order valence-corrected chi connectivity index (χ1v) is 4.80. The molecular formula is C10H9ClN2O3. The standard InChI is InChI=1S/C6H5Cl.C4H4N2O3/c7-6-4-2-1-3-5-6;7-2-1-3(8)6-4(9)5-2/h1-5H;1H2,(H2,5,6,7,8,9). The molecule has 16 heavy (non-hydrogen) atoms. The lowest BCUT2D eigenvalue weighted by Gasteiger charge is -2.09. The van der Waals surface area contributed by atoms with E-state index in [4.69, 9.17) is 11.6 Å². The average molecular weight is 241 g/mol. The molecule has 6 heteroatoms. The summed E-state index contributed by atoms with van der Waals surface area (Å²) in [5, 5.41) is 4.59. The van der Waals surface area contributed by atoms with Crippen LogP contribution in [0.15, 0.2) is 30.3 Å². The normalized spacial score (nSPS) is 14.4. The summed E-state index contributed by atoms with van der Waals surface area (Å²) in [5.41, 5.74) is 0. The van der Waals surface area contributed by atoms with E-state index < -0.39 is 17.8 Å². The monoisotopic (exact) mass is 240 g/mol. The van der Waals surface area contributed by atoms with Gasteiger partial charge in [-0.25, -0.2) is 4.79 Å². The smallest absolute Gasteiger partial charge is 0.277 e. The van der Waals surface area contributed by atoms with Crippen LogP contribution < -0.4 is 10.6 Å². The van der Waals surface area contributed by atoms with E-state index in [0.29, 0.717) is 0 Å². The molecule has 0 unspecified atom stereocenters. The molecule has 1 aromatic rings. The molecule has 0 atom stereocenters. The highest BCUT2D eigenvalue weighted by Crippen LogP contribution is 2.03. The number of carbonyl (C=O) groups excluding carboxylic acids is 3. The number of benzene rings is 1. The molecule has 1 aromatic carbocycles. The summed E-state index contributed by atoms with van der Waals surface area (Å²) in [6, 6.07) is 8.70. The van der Waals surface area contributed by atoms with Crippen molar-refractivity contribution in [1.82, 2.24) is 10.6 Å². The van der Waals surface area contributed by atoms with Crippen LogP contribution in [0.1, 0.15) is 6.42 Å². The number of nitrogens with one attached hydrogen (secondary N) is 2. The van der Waals surface area contributed by atoms with Crippen LogP contribution in [0.25, 0.3) is 0 Å². The van der Waals surface area contributed by atoms with Crippen LogP contribution >= 0.6 is 11.6 Å². The van der Waals surface area contributed by atoms with Crippen LogP contribution in [0.5, 0.6) is 0 Å². The van der Waals surface area contributed by atoms with E-state index in [1.807, 2.05) is 41.0 Å².